The first kappa shape index (κ1) is 27.5. The van der Waals surface area contributed by atoms with Crippen molar-refractivity contribution in [3.63, 3.8) is 0 Å². The van der Waals surface area contributed by atoms with Gasteiger partial charge in [0.05, 0.1) is 11.2 Å². The Bertz CT molecular complexity index is 1480. The lowest BCUT2D eigenvalue weighted by Gasteiger charge is -2.19. The van der Waals surface area contributed by atoms with Crippen LogP contribution < -0.4 is 20.4 Å². The molecule has 39 heavy (non-hydrogen) atoms. The van der Waals surface area contributed by atoms with E-state index in [2.05, 4.69) is 32.9 Å². The second-order valence-electron chi connectivity index (χ2n) is 8.81. The number of rotatable bonds is 11. The van der Waals surface area contributed by atoms with E-state index < -0.39 is 5.91 Å². The van der Waals surface area contributed by atoms with Gasteiger partial charge in [-0.3, -0.25) is 9.59 Å². The number of ether oxygens (including phenoxy) is 1. The van der Waals surface area contributed by atoms with Crippen LogP contribution in [0.1, 0.15) is 22.3 Å². The number of para-hydroxylation sites is 1. The number of phenols is 1. The number of anilines is 1. The van der Waals surface area contributed by atoms with Crippen LogP contribution in [0.25, 0.3) is 10.8 Å². The van der Waals surface area contributed by atoms with Gasteiger partial charge in [-0.25, -0.2) is 5.43 Å². The van der Waals surface area contributed by atoms with Crippen LogP contribution in [0.2, 0.25) is 5.02 Å². The number of hydrazone groups is 1. The van der Waals surface area contributed by atoms with E-state index in [-0.39, 0.29) is 28.8 Å². The van der Waals surface area contributed by atoms with Gasteiger partial charge < -0.3 is 20.1 Å². The van der Waals surface area contributed by atoms with Crippen molar-refractivity contribution in [2.45, 2.75) is 6.42 Å². The molecule has 0 aliphatic carbocycles. The fraction of sp³-hybridized carbons (Fsp3) is 0.167. The van der Waals surface area contributed by atoms with E-state index in [9.17, 15) is 14.7 Å². The molecule has 0 radical (unpaired) electrons. The van der Waals surface area contributed by atoms with Gasteiger partial charge in [-0.05, 0) is 54.3 Å². The summed E-state index contributed by atoms with van der Waals surface area (Å²) in [5, 5.41) is 18.2. The van der Waals surface area contributed by atoms with Crippen LogP contribution >= 0.6 is 11.6 Å². The fourth-order valence-corrected chi connectivity index (χ4v) is 4.14. The summed E-state index contributed by atoms with van der Waals surface area (Å²) >= 11 is 5.87. The van der Waals surface area contributed by atoms with E-state index in [4.69, 9.17) is 16.3 Å². The zero-order valence-corrected chi connectivity index (χ0v) is 22.2. The van der Waals surface area contributed by atoms with E-state index >= 15 is 0 Å². The molecule has 0 aliphatic heterocycles. The molecule has 4 rings (SSSR count). The molecule has 0 saturated carbocycles. The van der Waals surface area contributed by atoms with Gasteiger partial charge in [-0.1, -0.05) is 54.1 Å². The number of amides is 2. The molecule has 2 amide bonds. The highest BCUT2D eigenvalue weighted by Crippen LogP contribution is 2.28. The highest BCUT2D eigenvalue weighted by atomic mass is 35.5. The smallest absolute Gasteiger partial charge is 0.271 e. The molecule has 200 valence electrons. The maximum atomic E-state index is 12.4. The molecule has 0 saturated heterocycles. The Balaban J connectivity index is 1.30. The van der Waals surface area contributed by atoms with Crippen molar-refractivity contribution in [3.8, 4) is 11.5 Å². The SMILES string of the molecule is CN(CCCNC(=O)COc1ccc(C=NNC(=O)c2ccc(O)c(Cl)c2)c2ccccc12)c1ccccc1. The molecule has 0 bridgehead atoms. The zero-order valence-electron chi connectivity index (χ0n) is 21.4. The number of hydrogen-bond acceptors (Lipinski definition) is 6. The third-order valence-electron chi connectivity index (χ3n) is 6.05. The number of halogens is 1. The third kappa shape index (κ3) is 7.49. The Morgan fingerprint density at radius 3 is 2.51 bits per heavy atom. The van der Waals surface area contributed by atoms with Crippen molar-refractivity contribution < 1.29 is 19.4 Å². The average Bonchev–Trinajstić information content (AvgIpc) is 2.96. The van der Waals surface area contributed by atoms with E-state index in [0.29, 0.717) is 12.3 Å². The molecule has 4 aromatic rings. The van der Waals surface area contributed by atoms with Gasteiger partial charge >= 0.3 is 0 Å². The molecular formula is C30H29ClN4O4. The highest BCUT2D eigenvalue weighted by Gasteiger charge is 2.10. The van der Waals surface area contributed by atoms with E-state index in [1.165, 1.54) is 24.4 Å². The average molecular weight is 545 g/mol. The number of aromatic hydroxyl groups is 1. The summed E-state index contributed by atoms with van der Waals surface area (Å²) in [6.07, 6.45) is 2.34. The highest BCUT2D eigenvalue weighted by molar-refractivity contribution is 6.32. The molecule has 0 spiro atoms. The maximum Gasteiger partial charge on any atom is 0.271 e. The van der Waals surface area contributed by atoms with Crippen molar-refractivity contribution in [3.05, 3.63) is 101 Å². The largest absolute Gasteiger partial charge is 0.506 e. The van der Waals surface area contributed by atoms with Gasteiger partial charge in [0.15, 0.2) is 6.61 Å². The number of fused-ring (bicyclic) bond motifs is 1. The molecule has 0 unspecified atom stereocenters. The number of hydrogen-bond donors (Lipinski definition) is 3. The number of carbonyl (C=O) groups is 2. The predicted molar refractivity (Wildman–Crippen MR) is 155 cm³/mol. The lowest BCUT2D eigenvalue weighted by molar-refractivity contribution is -0.123. The molecule has 0 aromatic heterocycles. The lowest BCUT2D eigenvalue weighted by atomic mass is 10.0. The van der Waals surface area contributed by atoms with Crippen LogP contribution in [0.4, 0.5) is 5.69 Å². The Hall–Kier alpha value is -4.56. The predicted octanol–water partition coefficient (Wildman–Crippen LogP) is 4.98. The molecule has 9 heteroatoms. The Kier molecular flexibility index (Phi) is 9.37. The standard InChI is InChI=1S/C30H29ClN4O4/c1-35(23-8-3-2-4-9-23)17-7-16-32-29(37)20-39-28-15-13-22(24-10-5-6-11-25(24)28)19-33-34-30(38)21-12-14-27(36)26(31)18-21/h2-6,8-15,18-19,36H,7,16-17,20H2,1H3,(H,32,37)(H,34,38). The molecule has 0 atom stereocenters. The maximum absolute atomic E-state index is 12.4. The van der Waals surface area contributed by atoms with E-state index in [1.54, 1.807) is 6.07 Å². The summed E-state index contributed by atoms with van der Waals surface area (Å²) in [4.78, 5) is 26.8. The normalized spacial score (nSPS) is 10.9. The van der Waals surface area contributed by atoms with Crippen LogP contribution in [0.15, 0.2) is 90.0 Å². The van der Waals surface area contributed by atoms with Crippen LogP contribution in [0.3, 0.4) is 0 Å². The number of phenolic OH excluding ortho intramolecular Hbond substituents is 1. The van der Waals surface area contributed by atoms with Crippen LogP contribution in [-0.4, -0.2) is 49.9 Å². The van der Waals surface area contributed by atoms with Crippen molar-refractivity contribution in [2.24, 2.45) is 5.10 Å². The van der Waals surface area contributed by atoms with Gasteiger partial charge in [0, 0.05) is 42.3 Å². The number of carbonyl (C=O) groups excluding carboxylic acids is 2. The van der Waals surface area contributed by atoms with Crippen LogP contribution in [0, 0.1) is 0 Å². The Morgan fingerprint density at radius 1 is 1.00 bits per heavy atom. The first-order chi connectivity index (χ1) is 18.9. The molecule has 0 fully saturated rings. The minimum absolute atomic E-state index is 0.0811. The van der Waals surface area contributed by atoms with E-state index in [0.717, 1.165) is 35.0 Å². The third-order valence-corrected chi connectivity index (χ3v) is 6.35. The molecule has 0 heterocycles. The topological polar surface area (TPSA) is 103 Å². The van der Waals surface area contributed by atoms with Crippen molar-refractivity contribution in [1.82, 2.24) is 10.7 Å². The first-order valence-corrected chi connectivity index (χ1v) is 12.8. The van der Waals surface area contributed by atoms with Crippen LogP contribution in [-0.2, 0) is 4.79 Å². The monoisotopic (exact) mass is 544 g/mol. The van der Waals surface area contributed by atoms with Gasteiger partial charge in [0.25, 0.3) is 11.8 Å². The minimum Gasteiger partial charge on any atom is -0.506 e. The number of nitrogens with one attached hydrogen (secondary N) is 2. The molecule has 0 aliphatic rings. The first-order valence-electron chi connectivity index (χ1n) is 12.4. The van der Waals surface area contributed by atoms with Gasteiger partial charge in [-0.2, -0.15) is 5.10 Å². The van der Waals surface area contributed by atoms with E-state index in [1.807, 2.05) is 55.6 Å². The zero-order chi connectivity index (χ0) is 27.6. The fourth-order valence-electron chi connectivity index (χ4n) is 3.96. The summed E-state index contributed by atoms with van der Waals surface area (Å²) in [5.41, 5.74) is 4.62. The summed E-state index contributed by atoms with van der Waals surface area (Å²) in [6.45, 7) is 1.27. The van der Waals surface area contributed by atoms with Crippen molar-refractivity contribution >= 4 is 46.1 Å². The molecule has 3 N–H and O–H groups in total. The second kappa shape index (κ2) is 13.3. The second-order valence-corrected chi connectivity index (χ2v) is 9.22. The Labute approximate surface area is 231 Å². The summed E-state index contributed by atoms with van der Waals surface area (Å²) in [5.74, 6) is -0.182. The molecule has 8 nitrogen and oxygen atoms in total. The number of nitrogens with zero attached hydrogens (tertiary/aromatic N) is 2. The van der Waals surface area contributed by atoms with Crippen LogP contribution in [0.5, 0.6) is 11.5 Å². The molecular weight excluding hydrogens is 516 g/mol. The Morgan fingerprint density at radius 2 is 1.74 bits per heavy atom. The summed E-state index contributed by atoms with van der Waals surface area (Å²) in [6, 6.07) is 25.4. The summed E-state index contributed by atoms with van der Waals surface area (Å²) < 4.78 is 5.84. The van der Waals surface area contributed by atoms with Gasteiger partial charge in [-0.15, -0.1) is 0 Å². The minimum atomic E-state index is -0.463. The summed E-state index contributed by atoms with van der Waals surface area (Å²) in [7, 11) is 2.03. The van der Waals surface area contributed by atoms with Gasteiger partial charge in [0.1, 0.15) is 11.5 Å². The van der Waals surface area contributed by atoms with Crippen molar-refractivity contribution in [1.29, 1.82) is 0 Å². The van der Waals surface area contributed by atoms with Crippen molar-refractivity contribution in [2.75, 3.05) is 31.6 Å². The molecule has 4 aromatic carbocycles. The lowest BCUT2D eigenvalue weighted by Crippen LogP contribution is -2.31. The van der Waals surface area contributed by atoms with Gasteiger partial charge in [0.2, 0.25) is 0 Å². The quantitative estimate of drug-likeness (QED) is 0.140. The number of benzene rings is 4.